The van der Waals surface area contributed by atoms with Crippen molar-refractivity contribution in [2.45, 2.75) is 13.0 Å². The van der Waals surface area contributed by atoms with E-state index in [0.29, 0.717) is 5.57 Å². The number of aryl methyl sites for hydroxylation is 1. The molecular formula is C25H26N4O3. The third kappa shape index (κ3) is 4.04. The lowest BCUT2D eigenvalue weighted by atomic mass is 10.0. The van der Waals surface area contributed by atoms with Crippen LogP contribution in [-0.4, -0.2) is 54.1 Å². The molecule has 1 fully saturated rings. The third-order valence-corrected chi connectivity index (χ3v) is 6.01. The smallest absolute Gasteiger partial charge is 0.275 e. The summed E-state index contributed by atoms with van der Waals surface area (Å²) in [6.07, 6.45) is 3.00. The molecular weight excluding hydrogens is 404 g/mol. The Morgan fingerprint density at radius 3 is 2.47 bits per heavy atom. The van der Waals surface area contributed by atoms with E-state index in [1.165, 1.54) is 0 Å². The fourth-order valence-corrected chi connectivity index (χ4v) is 4.42. The van der Waals surface area contributed by atoms with Crippen LogP contribution in [0.2, 0.25) is 0 Å². The van der Waals surface area contributed by atoms with Gasteiger partial charge in [-0.3, -0.25) is 19.8 Å². The standard InChI is InChI=1S/C25H26N4O3/c30-24-22(23(25(31)27-24)26-18-7-2-1-3-8-18)20-17-29(21-10-5-4-9-19(20)21)12-6-11-28-13-15-32-16-14-28/h1-5,7-10,17H,6,11-16H2,(H2,26,27,30,31). The van der Waals surface area contributed by atoms with E-state index in [0.717, 1.165) is 68.0 Å². The van der Waals surface area contributed by atoms with E-state index in [1.807, 2.05) is 54.7 Å². The van der Waals surface area contributed by atoms with Crippen LogP contribution in [0.5, 0.6) is 0 Å². The molecule has 0 bridgehead atoms. The summed E-state index contributed by atoms with van der Waals surface area (Å²) in [5.74, 6) is -0.775. The predicted octanol–water partition coefficient (Wildman–Crippen LogP) is 2.84. The second kappa shape index (κ2) is 8.98. The average Bonchev–Trinajstić information content (AvgIpc) is 3.31. The number of fused-ring (bicyclic) bond motifs is 1. The predicted molar refractivity (Wildman–Crippen MR) is 124 cm³/mol. The van der Waals surface area contributed by atoms with Crippen LogP contribution in [0.3, 0.4) is 0 Å². The Labute approximate surface area is 186 Å². The van der Waals surface area contributed by atoms with Gasteiger partial charge in [0.1, 0.15) is 5.70 Å². The summed E-state index contributed by atoms with van der Waals surface area (Å²) in [5.41, 5.74) is 3.27. The molecule has 3 aromatic rings. The number of para-hydroxylation sites is 2. The third-order valence-electron chi connectivity index (χ3n) is 6.01. The van der Waals surface area contributed by atoms with E-state index < -0.39 is 5.91 Å². The van der Waals surface area contributed by atoms with Crippen molar-refractivity contribution in [3.8, 4) is 0 Å². The highest BCUT2D eigenvalue weighted by Gasteiger charge is 2.33. The summed E-state index contributed by atoms with van der Waals surface area (Å²) in [6, 6.07) is 17.5. The van der Waals surface area contributed by atoms with Gasteiger partial charge in [0.05, 0.1) is 18.8 Å². The Kier molecular flexibility index (Phi) is 5.75. The lowest BCUT2D eigenvalue weighted by Gasteiger charge is -2.26. The van der Waals surface area contributed by atoms with Crippen molar-refractivity contribution in [2.24, 2.45) is 0 Å². The zero-order chi connectivity index (χ0) is 21.9. The summed E-state index contributed by atoms with van der Waals surface area (Å²) in [5, 5.41) is 6.57. The van der Waals surface area contributed by atoms with Gasteiger partial charge >= 0.3 is 0 Å². The number of morpholine rings is 1. The summed E-state index contributed by atoms with van der Waals surface area (Å²) in [6.45, 7) is 5.38. The van der Waals surface area contributed by atoms with Gasteiger partial charge in [0.2, 0.25) is 0 Å². The van der Waals surface area contributed by atoms with Gasteiger partial charge in [0.15, 0.2) is 0 Å². The average molecular weight is 431 g/mol. The van der Waals surface area contributed by atoms with Gasteiger partial charge in [-0.1, -0.05) is 36.4 Å². The molecule has 0 saturated carbocycles. The van der Waals surface area contributed by atoms with Crippen molar-refractivity contribution in [1.82, 2.24) is 14.8 Å². The molecule has 2 amide bonds. The second-order valence-corrected chi connectivity index (χ2v) is 8.09. The first-order chi connectivity index (χ1) is 15.7. The minimum absolute atomic E-state index is 0.289. The van der Waals surface area contributed by atoms with Gasteiger partial charge in [-0.05, 0) is 24.6 Å². The van der Waals surface area contributed by atoms with Crippen molar-refractivity contribution in [3.05, 3.63) is 72.1 Å². The maximum absolute atomic E-state index is 12.8. The molecule has 1 saturated heterocycles. The molecule has 3 heterocycles. The quantitative estimate of drug-likeness (QED) is 0.564. The number of carbonyl (C=O) groups is 2. The van der Waals surface area contributed by atoms with E-state index in [2.05, 4.69) is 26.2 Å². The van der Waals surface area contributed by atoms with Gasteiger partial charge in [0.25, 0.3) is 11.8 Å². The normalized spacial score (nSPS) is 17.2. The van der Waals surface area contributed by atoms with Gasteiger partial charge in [-0.15, -0.1) is 0 Å². The molecule has 32 heavy (non-hydrogen) atoms. The largest absolute Gasteiger partial charge is 0.379 e. The molecule has 0 spiro atoms. The highest BCUT2D eigenvalue weighted by molar-refractivity contribution is 6.38. The molecule has 164 valence electrons. The van der Waals surface area contributed by atoms with Crippen molar-refractivity contribution in [2.75, 3.05) is 38.2 Å². The number of carbonyl (C=O) groups excluding carboxylic acids is 2. The zero-order valence-electron chi connectivity index (χ0n) is 17.8. The molecule has 1 aromatic heterocycles. The Hall–Kier alpha value is -3.42. The first-order valence-electron chi connectivity index (χ1n) is 11.0. The minimum Gasteiger partial charge on any atom is -0.379 e. The van der Waals surface area contributed by atoms with Crippen LogP contribution in [0.15, 0.2) is 66.5 Å². The van der Waals surface area contributed by atoms with Crippen molar-refractivity contribution in [3.63, 3.8) is 0 Å². The number of rotatable bonds is 7. The number of nitrogens with zero attached hydrogens (tertiary/aromatic N) is 2. The molecule has 0 aliphatic carbocycles. The van der Waals surface area contributed by atoms with Crippen molar-refractivity contribution in [1.29, 1.82) is 0 Å². The molecule has 0 atom stereocenters. The lowest BCUT2D eigenvalue weighted by molar-refractivity contribution is -0.123. The van der Waals surface area contributed by atoms with Crippen LogP contribution >= 0.6 is 0 Å². The minimum atomic E-state index is -0.405. The number of imide groups is 1. The molecule has 7 nitrogen and oxygen atoms in total. The van der Waals surface area contributed by atoms with Crippen LogP contribution in [0.4, 0.5) is 5.69 Å². The SMILES string of the molecule is O=C1NC(=O)C(c2cn(CCCN3CCOCC3)c3ccccc23)=C1Nc1ccccc1. The summed E-state index contributed by atoms with van der Waals surface area (Å²) >= 11 is 0. The first-order valence-corrected chi connectivity index (χ1v) is 11.0. The molecule has 2 aromatic carbocycles. The highest BCUT2D eigenvalue weighted by atomic mass is 16.5. The summed E-state index contributed by atoms with van der Waals surface area (Å²) in [4.78, 5) is 27.8. The molecule has 0 unspecified atom stereocenters. The van der Waals surface area contributed by atoms with Gasteiger partial charge in [0, 0.05) is 54.5 Å². The number of hydrogen-bond donors (Lipinski definition) is 2. The van der Waals surface area contributed by atoms with E-state index in [9.17, 15) is 9.59 Å². The Balaban J connectivity index is 1.47. The first kappa shape index (κ1) is 20.5. The molecule has 7 heteroatoms. The van der Waals surface area contributed by atoms with Crippen molar-refractivity contribution >= 4 is 34.0 Å². The molecule has 2 N–H and O–H groups in total. The Morgan fingerprint density at radius 1 is 0.906 bits per heavy atom. The van der Waals surface area contributed by atoms with Crippen LogP contribution in [0, 0.1) is 0 Å². The van der Waals surface area contributed by atoms with Gasteiger partial charge in [-0.25, -0.2) is 0 Å². The number of hydrogen-bond acceptors (Lipinski definition) is 5. The molecule has 5 rings (SSSR count). The topological polar surface area (TPSA) is 75.6 Å². The summed E-state index contributed by atoms with van der Waals surface area (Å²) in [7, 11) is 0. The van der Waals surface area contributed by atoms with E-state index in [4.69, 9.17) is 4.74 Å². The number of anilines is 1. The molecule has 2 aliphatic heterocycles. The van der Waals surface area contributed by atoms with E-state index in [-0.39, 0.29) is 11.6 Å². The zero-order valence-corrected chi connectivity index (χ0v) is 17.8. The Bertz CT molecular complexity index is 1180. The van der Waals surface area contributed by atoms with E-state index in [1.54, 1.807) is 0 Å². The molecule has 2 aliphatic rings. The number of aromatic nitrogens is 1. The van der Waals surface area contributed by atoms with Crippen LogP contribution in [0.25, 0.3) is 16.5 Å². The number of ether oxygens (including phenoxy) is 1. The van der Waals surface area contributed by atoms with Gasteiger partial charge in [-0.2, -0.15) is 0 Å². The van der Waals surface area contributed by atoms with Crippen LogP contribution < -0.4 is 10.6 Å². The summed E-state index contributed by atoms with van der Waals surface area (Å²) < 4.78 is 7.62. The van der Waals surface area contributed by atoms with E-state index >= 15 is 0 Å². The monoisotopic (exact) mass is 430 g/mol. The molecule has 0 radical (unpaired) electrons. The lowest BCUT2D eigenvalue weighted by Crippen LogP contribution is -2.37. The van der Waals surface area contributed by atoms with Gasteiger partial charge < -0.3 is 14.6 Å². The van der Waals surface area contributed by atoms with Crippen LogP contribution in [0.1, 0.15) is 12.0 Å². The number of benzene rings is 2. The van der Waals surface area contributed by atoms with Crippen molar-refractivity contribution < 1.29 is 14.3 Å². The maximum Gasteiger partial charge on any atom is 0.275 e. The second-order valence-electron chi connectivity index (χ2n) is 8.09. The maximum atomic E-state index is 12.8. The highest BCUT2D eigenvalue weighted by Crippen LogP contribution is 2.32. The number of amides is 2. The Morgan fingerprint density at radius 2 is 1.66 bits per heavy atom. The number of nitrogens with one attached hydrogen (secondary N) is 2. The fourth-order valence-electron chi connectivity index (χ4n) is 4.42. The van der Waals surface area contributed by atoms with Crippen LogP contribution in [-0.2, 0) is 20.9 Å². The fraction of sp³-hybridized carbons (Fsp3) is 0.280.